The van der Waals surface area contributed by atoms with Crippen molar-refractivity contribution in [3.8, 4) is 5.75 Å². The van der Waals surface area contributed by atoms with E-state index in [0.717, 1.165) is 44.7 Å². The molecule has 0 radical (unpaired) electrons. The van der Waals surface area contributed by atoms with E-state index in [2.05, 4.69) is 63.9 Å². The summed E-state index contributed by atoms with van der Waals surface area (Å²) in [6.07, 6.45) is 2.41. The zero-order chi connectivity index (χ0) is 31.8. The van der Waals surface area contributed by atoms with Gasteiger partial charge in [-0.1, -0.05) is 31.0 Å². The standard InChI is InChI=1S/C35H41N5O5/c1-3-4-5-33(43)37-17-16-36-25-8-10-26(11-9-25)38-35(44)32-22-31(42)28-14-15-30(41)29(34(28)45-32)23-39-18-20-40(21-19-39)27-12-6-24(2)7-13-27/h6-15,22,36,41H,3-5,16-21,23H2,1-2H3,(H,37,43)(H,38,44). The van der Waals surface area contributed by atoms with Gasteiger partial charge in [0.25, 0.3) is 5.91 Å². The predicted octanol–water partition coefficient (Wildman–Crippen LogP) is 5.10. The Bertz CT molecular complexity index is 1680. The molecule has 236 valence electrons. The molecule has 10 heteroatoms. The number of carbonyl (C=O) groups is 2. The topological polar surface area (TPSA) is 127 Å². The first kappa shape index (κ1) is 31.6. The molecule has 3 aromatic carbocycles. The van der Waals surface area contributed by atoms with Crippen molar-refractivity contribution in [2.75, 3.05) is 54.8 Å². The maximum atomic E-state index is 13.1. The van der Waals surface area contributed by atoms with E-state index in [4.69, 9.17) is 4.42 Å². The van der Waals surface area contributed by atoms with Crippen LogP contribution in [0.15, 0.2) is 75.9 Å². The second-order valence-electron chi connectivity index (χ2n) is 11.4. The van der Waals surface area contributed by atoms with Crippen LogP contribution in [-0.4, -0.2) is 61.1 Å². The minimum atomic E-state index is -0.564. The highest BCUT2D eigenvalue weighted by Crippen LogP contribution is 2.29. The predicted molar refractivity (Wildman–Crippen MR) is 178 cm³/mol. The lowest BCUT2D eigenvalue weighted by atomic mass is 10.1. The normalized spacial score (nSPS) is 13.5. The van der Waals surface area contributed by atoms with Gasteiger partial charge in [-0.25, -0.2) is 0 Å². The number of nitrogens with zero attached hydrogens (tertiary/aromatic N) is 2. The average molecular weight is 612 g/mol. The number of nitrogens with one attached hydrogen (secondary N) is 3. The van der Waals surface area contributed by atoms with Crippen LogP contribution in [0.5, 0.6) is 5.75 Å². The Hall–Kier alpha value is -4.83. The molecule has 0 aliphatic carbocycles. The van der Waals surface area contributed by atoms with E-state index in [1.54, 1.807) is 12.1 Å². The van der Waals surface area contributed by atoms with Crippen LogP contribution in [0.1, 0.15) is 47.9 Å². The molecule has 0 spiro atoms. The molecule has 0 unspecified atom stereocenters. The van der Waals surface area contributed by atoms with Gasteiger partial charge in [-0.15, -0.1) is 0 Å². The third-order valence-corrected chi connectivity index (χ3v) is 8.03. The summed E-state index contributed by atoms with van der Waals surface area (Å²) in [7, 11) is 0. The fourth-order valence-electron chi connectivity index (χ4n) is 5.37. The summed E-state index contributed by atoms with van der Waals surface area (Å²) in [5, 5.41) is 20.0. The number of hydrogen-bond acceptors (Lipinski definition) is 8. The maximum Gasteiger partial charge on any atom is 0.291 e. The molecule has 1 fully saturated rings. The SMILES string of the molecule is CCCCC(=O)NCCNc1ccc(NC(=O)c2cc(=O)c3ccc(O)c(CN4CCN(c5ccc(C)cc5)CC4)c3o2)cc1. The Morgan fingerprint density at radius 1 is 0.911 bits per heavy atom. The Morgan fingerprint density at radius 2 is 1.62 bits per heavy atom. The molecule has 2 amide bonds. The Balaban J connectivity index is 1.21. The van der Waals surface area contributed by atoms with Gasteiger partial charge < -0.3 is 30.4 Å². The lowest BCUT2D eigenvalue weighted by Crippen LogP contribution is -2.46. The molecule has 1 saturated heterocycles. The number of phenols is 1. The molecule has 2 heterocycles. The molecular formula is C35H41N5O5. The third-order valence-electron chi connectivity index (χ3n) is 8.03. The molecule has 0 saturated carbocycles. The van der Waals surface area contributed by atoms with Gasteiger partial charge in [0, 0.05) is 75.4 Å². The number of aryl methyl sites for hydroxylation is 1. The number of fused-ring (bicyclic) bond motifs is 1. The first-order chi connectivity index (χ1) is 21.8. The van der Waals surface area contributed by atoms with Gasteiger partial charge in [0.05, 0.1) is 10.9 Å². The molecule has 5 rings (SSSR count). The van der Waals surface area contributed by atoms with Crippen molar-refractivity contribution >= 4 is 39.8 Å². The number of piperazine rings is 1. The maximum absolute atomic E-state index is 13.1. The summed E-state index contributed by atoms with van der Waals surface area (Å²) in [5.74, 6) is -0.626. The number of phenolic OH excluding ortho intramolecular Hbond substituents is 1. The second-order valence-corrected chi connectivity index (χ2v) is 11.4. The molecular weight excluding hydrogens is 570 g/mol. The summed E-state index contributed by atoms with van der Waals surface area (Å²) >= 11 is 0. The van der Waals surface area contributed by atoms with E-state index < -0.39 is 5.91 Å². The van der Waals surface area contributed by atoms with Crippen LogP contribution < -0.4 is 26.3 Å². The van der Waals surface area contributed by atoms with Crippen LogP contribution in [0.3, 0.4) is 0 Å². The fourth-order valence-corrected chi connectivity index (χ4v) is 5.37. The highest BCUT2D eigenvalue weighted by Gasteiger charge is 2.22. The largest absolute Gasteiger partial charge is 0.507 e. The fraction of sp³-hybridized carbons (Fsp3) is 0.343. The van der Waals surface area contributed by atoms with E-state index >= 15 is 0 Å². The van der Waals surface area contributed by atoms with Crippen LogP contribution in [0.25, 0.3) is 11.0 Å². The second kappa shape index (κ2) is 14.8. The molecule has 4 aromatic rings. The molecule has 0 bridgehead atoms. The molecule has 4 N–H and O–H groups in total. The highest BCUT2D eigenvalue weighted by molar-refractivity contribution is 6.03. The third kappa shape index (κ3) is 8.21. The minimum absolute atomic E-state index is 0.0211. The summed E-state index contributed by atoms with van der Waals surface area (Å²) in [6, 6.07) is 19.8. The molecule has 10 nitrogen and oxygen atoms in total. The van der Waals surface area contributed by atoms with Crippen molar-refractivity contribution in [1.82, 2.24) is 10.2 Å². The van der Waals surface area contributed by atoms with E-state index in [9.17, 15) is 19.5 Å². The number of unbranched alkanes of at least 4 members (excludes halogenated alkanes) is 1. The van der Waals surface area contributed by atoms with E-state index in [0.29, 0.717) is 42.7 Å². The molecule has 1 aromatic heterocycles. The summed E-state index contributed by atoms with van der Waals surface area (Å²) in [4.78, 5) is 42.4. The van der Waals surface area contributed by atoms with Crippen molar-refractivity contribution in [2.24, 2.45) is 0 Å². The van der Waals surface area contributed by atoms with Crippen molar-refractivity contribution in [2.45, 2.75) is 39.7 Å². The average Bonchev–Trinajstić information content (AvgIpc) is 3.05. The Labute approximate surface area is 263 Å². The number of carbonyl (C=O) groups excluding carboxylic acids is 2. The van der Waals surface area contributed by atoms with E-state index in [1.165, 1.54) is 29.4 Å². The van der Waals surface area contributed by atoms with E-state index in [-0.39, 0.29) is 28.4 Å². The van der Waals surface area contributed by atoms with E-state index in [1.807, 2.05) is 12.1 Å². The summed E-state index contributed by atoms with van der Waals surface area (Å²) < 4.78 is 6.01. The quantitative estimate of drug-likeness (QED) is 0.163. The first-order valence-corrected chi connectivity index (χ1v) is 15.6. The van der Waals surface area contributed by atoms with Gasteiger partial charge in [0.15, 0.2) is 11.2 Å². The Kier molecular flexibility index (Phi) is 10.4. The molecule has 1 aliphatic rings. The number of anilines is 3. The van der Waals surface area contributed by atoms with Gasteiger partial charge in [0.2, 0.25) is 5.91 Å². The van der Waals surface area contributed by atoms with Gasteiger partial charge in [-0.2, -0.15) is 0 Å². The zero-order valence-electron chi connectivity index (χ0n) is 25.9. The number of benzene rings is 3. The van der Waals surface area contributed by atoms with Crippen LogP contribution >= 0.6 is 0 Å². The van der Waals surface area contributed by atoms with Crippen LogP contribution in [0, 0.1) is 6.92 Å². The minimum Gasteiger partial charge on any atom is -0.507 e. The van der Waals surface area contributed by atoms with Crippen molar-refractivity contribution in [3.05, 3.63) is 93.8 Å². The number of aromatic hydroxyl groups is 1. The first-order valence-electron chi connectivity index (χ1n) is 15.6. The molecule has 45 heavy (non-hydrogen) atoms. The van der Waals surface area contributed by atoms with Crippen LogP contribution in [0.4, 0.5) is 17.1 Å². The smallest absolute Gasteiger partial charge is 0.291 e. The van der Waals surface area contributed by atoms with Gasteiger partial charge in [-0.05, 0) is 61.9 Å². The van der Waals surface area contributed by atoms with Crippen molar-refractivity contribution in [3.63, 3.8) is 0 Å². The summed E-state index contributed by atoms with van der Waals surface area (Å²) in [6.45, 7) is 8.80. The summed E-state index contributed by atoms with van der Waals surface area (Å²) in [5.41, 5.74) is 4.13. The highest BCUT2D eigenvalue weighted by atomic mass is 16.3. The van der Waals surface area contributed by atoms with Gasteiger partial charge in [0.1, 0.15) is 11.3 Å². The van der Waals surface area contributed by atoms with Gasteiger partial charge >= 0.3 is 0 Å². The van der Waals surface area contributed by atoms with Crippen molar-refractivity contribution in [1.29, 1.82) is 0 Å². The van der Waals surface area contributed by atoms with Crippen LogP contribution in [-0.2, 0) is 11.3 Å². The number of rotatable bonds is 12. The molecule has 1 aliphatic heterocycles. The zero-order valence-corrected chi connectivity index (χ0v) is 25.9. The lowest BCUT2D eigenvalue weighted by molar-refractivity contribution is -0.121. The van der Waals surface area contributed by atoms with Crippen LogP contribution in [0.2, 0.25) is 0 Å². The van der Waals surface area contributed by atoms with Gasteiger partial charge in [-0.3, -0.25) is 19.3 Å². The Morgan fingerprint density at radius 3 is 2.33 bits per heavy atom. The van der Waals surface area contributed by atoms with Crippen molar-refractivity contribution < 1.29 is 19.1 Å². The lowest BCUT2D eigenvalue weighted by Gasteiger charge is -2.36. The molecule has 0 atom stereocenters. The monoisotopic (exact) mass is 611 g/mol. The number of hydrogen-bond donors (Lipinski definition) is 4. The number of amides is 2.